The molecule has 0 aliphatic rings. The molecule has 0 radical (unpaired) electrons. The maximum absolute atomic E-state index is 4.32. The lowest BCUT2D eigenvalue weighted by molar-refractivity contribution is 1.26. The number of hydrogen-bond acceptors (Lipinski definition) is 5. The zero-order valence-corrected chi connectivity index (χ0v) is 13.7. The van der Waals surface area contributed by atoms with E-state index < -0.39 is 0 Å². The van der Waals surface area contributed by atoms with Crippen LogP contribution in [-0.4, -0.2) is 15.0 Å². The average molecular weight is 321 g/mol. The molecule has 106 valence electrons. The highest BCUT2D eigenvalue weighted by Crippen LogP contribution is 2.08. The van der Waals surface area contributed by atoms with Crippen LogP contribution in [0.15, 0.2) is 29.2 Å². The van der Waals surface area contributed by atoms with Gasteiger partial charge in [0.15, 0.2) is 0 Å². The van der Waals surface area contributed by atoms with Crippen molar-refractivity contribution in [2.24, 2.45) is 0 Å². The van der Waals surface area contributed by atoms with Gasteiger partial charge in [0, 0.05) is 34.3 Å². The molecular weight excluding hydrogens is 310 g/mol. The van der Waals surface area contributed by atoms with Crippen LogP contribution in [-0.2, 0) is 0 Å². The van der Waals surface area contributed by atoms with Gasteiger partial charge in [-0.25, -0.2) is 9.97 Å². The monoisotopic (exact) mass is 321 g/mol. The van der Waals surface area contributed by atoms with Crippen LogP contribution >= 0.6 is 22.7 Å². The Hall–Kier alpha value is -2.47. The van der Waals surface area contributed by atoms with Crippen LogP contribution < -0.4 is 0 Å². The second-order valence-corrected chi connectivity index (χ2v) is 6.59. The van der Waals surface area contributed by atoms with E-state index in [1.54, 1.807) is 35.1 Å². The minimum atomic E-state index is 0.789. The minimum absolute atomic E-state index is 0.789. The van der Waals surface area contributed by atoms with Gasteiger partial charge in [-0.1, -0.05) is 11.8 Å². The molecule has 0 saturated carbocycles. The Morgan fingerprint density at radius 3 is 1.68 bits per heavy atom. The second kappa shape index (κ2) is 6.53. The summed E-state index contributed by atoms with van der Waals surface area (Å²) < 4.78 is 0. The smallest absolute Gasteiger partial charge is 0.124 e. The third-order valence-corrected chi connectivity index (χ3v) is 4.19. The molecule has 3 aromatic rings. The van der Waals surface area contributed by atoms with E-state index in [2.05, 4.69) is 38.6 Å². The second-order valence-electron chi connectivity index (χ2n) is 4.47. The number of thiazole rings is 2. The number of hydrogen-bond donors (Lipinski definition) is 0. The molecule has 0 fully saturated rings. The Kier molecular flexibility index (Phi) is 4.29. The molecule has 0 aromatic carbocycles. The Balaban J connectivity index is 1.81. The highest BCUT2D eigenvalue weighted by atomic mass is 32.1. The Morgan fingerprint density at radius 2 is 1.27 bits per heavy atom. The maximum Gasteiger partial charge on any atom is 0.124 e. The Labute approximate surface area is 137 Å². The lowest BCUT2D eigenvalue weighted by Crippen LogP contribution is -1.83. The SMILES string of the molecule is Cc1nc(C#Cc2cncc(C#Cc3csc(C)n3)c2)cs1. The molecule has 0 aliphatic heterocycles. The lowest BCUT2D eigenvalue weighted by atomic mass is 10.2. The van der Waals surface area contributed by atoms with Crippen molar-refractivity contribution >= 4 is 22.7 Å². The van der Waals surface area contributed by atoms with E-state index in [9.17, 15) is 0 Å². The van der Waals surface area contributed by atoms with Gasteiger partial charge in [-0.05, 0) is 31.8 Å². The van der Waals surface area contributed by atoms with Gasteiger partial charge < -0.3 is 0 Å². The van der Waals surface area contributed by atoms with E-state index >= 15 is 0 Å². The Bertz CT molecular complexity index is 856. The summed E-state index contributed by atoms with van der Waals surface area (Å²) in [6.07, 6.45) is 3.45. The molecule has 0 N–H and O–H groups in total. The van der Waals surface area contributed by atoms with Crippen LogP contribution in [0.2, 0.25) is 0 Å². The standard InChI is InChI=1S/C17H11N3S2/c1-12-19-16(10-21-12)5-3-14-7-15(9-18-8-14)4-6-17-11-22-13(2)20-17/h7-11H,1-2H3. The van der Waals surface area contributed by atoms with Gasteiger partial charge >= 0.3 is 0 Å². The van der Waals surface area contributed by atoms with E-state index in [0.717, 1.165) is 32.5 Å². The third-order valence-electron chi connectivity index (χ3n) is 2.65. The quantitative estimate of drug-likeness (QED) is 0.596. The van der Waals surface area contributed by atoms with Crippen LogP contribution in [0.25, 0.3) is 0 Å². The summed E-state index contributed by atoms with van der Waals surface area (Å²) in [5.41, 5.74) is 3.23. The number of nitrogens with zero attached hydrogens (tertiary/aromatic N) is 3. The van der Waals surface area contributed by atoms with Crippen molar-refractivity contribution < 1.29 is 0 Å². The van der Waals surface area contributed by atoms with E-state index in [1.165, 1.54) is 0 Å². The first-order valence-electron chi connectivity index (χ1n) is 6.52. The first-order chi connectivity index (χ1) is 10.7. The van der Waals surface area contributed by atoms with E-state index in [4.69, 9.17) is 0 Å². The van der Waals surface area contributed by atoms with Crippen molar-refractivity contribution in [1.29, 1.82) is 0 Å². The third kappa shape index (κ3) is 3.79. The summed E-state index contributed by atoms with van der Waals surface area (Å²) in [5.74, 6) is 12.2. The van der Waals surface area contributed by atoms with Crippen molar-refractivity contribution in [3.05, 3.63) is 61.8 Å². The maximum atomic E-state index is 4.32. The zero-order chi connectivity index (χ0) is 15.4. The van der Waals surface area contributed by atoms with Crippen molar-refractivity contribution in [2.45, 2.75) is 13.8 Å². The summed E-state index contributed by atoms with van der Waals surface area (Å²) in [6, 6.07) is 1.92. The largest absolute Gasteiger partial charge is 0.262 e. The molecule has 0 atom stereocenters. The summed E-state index contributed by atoms with van der Waals surface area (Å²) in [4.78, 5) is 12.8. The van der Waals surface area contributed by atoms with Gasteiger partial charge in [0.1, 0.15) is 11.4 Å². The van der Waals surface area contributed by atoms with Gasteiger partial charge in [0.05, 0.1) is 10.0 Å². The van der Waals surface area contributed by atoms with Gasteiger partial charge in [-0.15, -0.1) is 22.7 Å². The van der Waals surface area contributed by atoms with E-state index in [1.807, 2.05) is 30.7 Å². The molecule has 3 heterocycles. The van der Waals surface area contributed by atoms with Crippen molar-refractivity contribution in [3.63, 3.8) is 0 Å². The summed E-state index contributed by atoms with van der Waals surface area (Å²) in [6.45, 7) is 3.93. The number of aryl methyl sites for hydroxylation is 2. The number of aromatic nitrogens is 3. The van der Waals surface area contributed by atoms with E-state index in [0.29, 0.717) is 0 Å². The van der Waals surface area contributed by atoms with Gasteiger partial charge in [0.25, 0.3) is 0 Å². The van der Waals surface area contributed by atoms with Crippen molar-refractivity contribution in [3.8, 4) is 23.7 Å². The highest BCUT2D eigenvalue weighted by molar-refractivity contribution is 7.09. The van der Waals surface area contributed by atoms with Crippen LogP contribution in [0.4, 0.5) is 0 Å². The molecule has 3 rings (SSSR count). The molecule has 0 bridgehead atoms. The highest BCUT2D eigenvalue weighted by Gasteiger charge is 1.95. The molecule has 3 nitrogen and oxygen atoms in total. The molecule has 22 heavy (non-hydrogen) atoms. The van der Waals surface area contributed by atoms with Crippen LogP contribution in [0, 0.1) is 37.5 Å². The fraction of sp³-hybridized carbons (Fsp3) is 0.118. The molecule has 5 heteroatoms. The molecule has 0 unspecified atom stereocenters. The summed E-state index contributed by atoms with van der Waals surface area (Å²) >= 11 is 3.19. The predicted molar refractivity (Wildman–Crippen MR) is 89.9 cm³/mol. The van der Waals surface area contributed by atoms with Crippen molar-refractivity contribution in [1.82, 2.24) is 15.0 Å². The molecule has 0 aliphatic carbocycles. The van der Waals surface area contributed by atoms with Gasteiger partial charge in [0.2, 0.25) is 0 Å². The normalized spacial score (nSPS) is 9.55. The first kappa shape index (κ1) is 14.5. The molecule has 3 aromatic heterocycles. The van der Waals surface area contributed by atoms with Gasteiger partial charge in [-0.2, -0.15) is 0 Å². The molecular formula is C17H11N3S2. The lowest BCUT2D eigenvalue weighted by Gasteiger charge is -1.91. The molecule has 0 spiro atoms. The minimum Gasteiger partial charge on any atom is -0.262 e. The number of pyridine rings is 1. The molecule has 0 saturated heterocycles. The zero-order valence-electron chi connectivity index (χ0n) is 12.0. The average Bonchev–Trinajstić information content (AvgIpc) is 3.12. The van der Waals surface area contributed by atoms with Crippen LogP contribution in [0.1, 0.15) is 32.5 Å². The van der Waals surface area contributed by atoms with E-state index in [-0.39, 0.29) is 0 Å². The first-order valence-corrected chi connectivity index (χ1v) is 8.28. The fourth-order valence-electron chi connectivity index (χ4n) is 1.69. The van der Waals surface area contributed by atoms with Crippen LogP contribution in [0.3, 0.4) is 0 Å². The molecule has 0 amide bonds. The van der Waals surface area contributed by atoms with Gasteiger partial charge in [-0.3, -0.25) is 4.98 Å². The number of rotatable bonds is 0. The van der Waals surface area contributed by atoms with Crippen LogP contribution in [0.5, 0.6) is 0 Å². The fourth-order valence-corrected chi connectivity index (χ4v) is 2.78. The topological polar surface area (TPSA) is 38.7 Å². The Morgan fingerprint density at radius 1 is 0.773 bits per heavy atom. The summed E-state index contributed by atoms with van der Waals surface area (Å²) in [5, 5.41) is 5.93. The predicted octanol–water partition coefficient (Wildman–Crippen LogP) is 3.41. The van der Waals surface area contributed by atoms with Crippen molar-refractivity contribution in [2.75, 3.05) is 0 Å². The summed E-state index contributed by atoms with van der Waals surface area (Å²) in [7, 11) is 0.